The molecule has 0 bridgehead atoms. The zero-order valence-electron chi connectivity index (χ0n) is 12.1. The predicted molar refractivity (Wildman–Crippen MR) is 81.3 cm³/mol. The zero-order valence-corrected chi connectivity index (χ0v) is 12.1. The molecule has 0 saturated heterocycles. The first-order valence-electron chi connectivity index (χ1n) is 7.48. The first-order chi connectivity index (χ1) is 9.35. The molecule has 3 nitrogen and oxygen atoms in total. The third-order valence-electron chi connectivity index (χ3n) is 3.59. The Morgan fingerprint density at radius 1 is 1.16 bits per heavy atom. The number of benzene rings is 1. The fraction of sp³-hybridized carbons (Fsp3) is 0.562. The third kappa shape index (κ3) is 3.80. The van der Waals surface area contributed by atoms with Crippen LogP contribution in [0, 0.1) is 0 Å². The summed E-state index contributed by atoms with van der Waals surface area (Å²) in [6.07, 6.45) is 7.01. The number of nitrogens with zero attached hydrogens (tertiary/aromatic N) is 2. The summed E-state index contributed by atoms with van der Waals surface area (Å²) in [6.45, 7) is 6.52. The van der Waals surface area contributed by atoms with Crippen LogP contribution in [0.25, 0.3) is 11.0 Å². The number of nitrogens with one attached hydrogen (secondary N) is 1. The Labute approximate surface area is 116 Å². The van der Waals surface area contributed by atoms with Crippen molar-refractivity contribution in [2.45, 2.75) is 52.1 Å². The number of imidazole rings is 1. The Balaban J connectivity index is 1.88. The van der Waals surface area contributed by atoms with Crippen molar-refractivity contribution in [1.82, 2.24) is 14.9 Å². The molecule has 1 aromatic carbocycles. The van der Waals surface area contributed by atoms with Gasteiger partial charge in [-0.1, -0.05) is 38.8 Å². The number of aromatic nitrogens is 2. The Morgan fingerprint density at radius 2 is 1.89 bits per heavy atom. The van der Waals surface area contributed by atoms with E-state index in [-0.39, 0.29) is 0 Å². The lowest BCUT2D eigenvalue weighted by Gasteiger charge is -2.17. The van der Waals surface area contributed by atoms with Gasteiger partial charge in [-0.2, -0.15) is 0 Å². The SMILES string of the molecule is CCCC(CCC)NCCn1cnc2ccccc21. The summed E-state index contributed by atoms with van der Waals surface area (Å²) in [4.78, 5) is 4.42. The van der Waals surface area contributed by atoms with Crippen molar-refractivity contribution in [2.24, 2.45) is 0 Å². The molecule has 0 aliphatic heterocycles. The monoisotopic (exact) mass is 259 g/mol. The van der Waals surface area contributed by atoms with E-state index in [1.165, 1.54) is 31.2 Å². The van der Waals surface area contributed by atoms with Crippen molar-refractivity contribution in [3.05, 3.63) is 30.6 Å². The van der Waals surface area contributed by atoms with Crippen LogP contribution in [0.1, 0.15) is 39.5 Å². The van der Waals surface area contributed by atoms with E-state index in [2.05, 4.69) is 46.9 Å². The molecular formula is C16H25N3. The molecule has 1 aromatic heterocycles. The maximum Gasteiger partial charge on any atom is 0.0958 e. The van der Waals surface area contributed by atoms with Crippen LogP contribution in [0.2, 0.25) is 0 Å². The van der Waals surface area contributed by atoms with E-state index in [1.807, 2.05) is 12.4 Å². The van der Waals surface area contributed by atoms with Gasteiger partial charge >= 0.3 is 0 Å². The molecule has 0 aliphatic rings. The van der Waals surface area contributed by atoms with Crippen LogP contribution in [0.5, 0.6) is 0 Å². The first-order valence-corrected chi connectivity index (χ1v) is 7.48. The Bertz CT molecular complexity index is 483. The second kappa shape index (κ2) is 7.29. The van der Waals surface area contributed by atoms with Gasteiger partial charge in [-0.05, 0) is 25.0 Å². The van der Waals surface area contributed by atoms with Crippen LogP contribution in [-0.4, -0.2) is 22.1 Å². The fourth-order valence-corrected chi connectivity index (χ4v) is 2.62. The highest BCUT2D eigenvalue weighted by Gasteiger charge is 2.06. The van der Waals surface area contributed by atoms with Crippen molar-refractivity contribution in [1.29, 1.82) is 0 Å². The lowest BCUT2D eigenvalue weighted by atomic mass is 10.1. The van der Waals surface area contributed by atoms with Gasteiger partial charge in [-0.25, -0.2) is 4.98 Å². The second-order valence-electron chi connectivity index (χ2n) is 5.16. The van der Waals surface area contributed by atoms with Crippen molar-refractivity contribution in [3.8, 4) is 0 Å². The van der Waals surface area contributed by atoms with Crippen LogP contribution >= 0.6 is 0 Å². The van der Waals surface area contributed by atoms with Gasteiger partial charge in [0.25, 0.3) is 0 Å². The van der Waals surface area contributed by atoms with Crippen LogP contribution in [0.3, 0.4) is 0 Å². The molecule has 0 spiro atoms. The maximum absolute atomic E-state index is 4.42. The molecule has 104 valence electrons. The highest BCUT2D eigenvalue weighted by molar-refractivity contribution is 5.74. The normalized spacial score (nSPS) is 11.5. The summed E-state index contributed by atoms with van der Waals surface area (Å²) in [6, 6.07) is 8.99. The first kappa shape index (κ1) is 14.1. The van der Waals surface area contributed by atoms with E-state index in [0.717, 1.165) is 18.6 Å². The summed E-state index contributed by atoms with van der Waals surface area (Å²) >= 11 is 0. The van der Waals surface area contributed by atoms with Gasteiger partial charge in [0.2, 0.25) is 0 Å². The molecule has 1 N–H and O–H groups in total. The van der Waals surface area contributed by atoms with E-state index < -0.39 is 0 Å². The Hall–Kier alpha value is -1.35. The zero-order chi connectivity index (χ0) is 13.5. The molecular weight excluding hydrogens is 234 g/mol. The molecule has 0 saturated carbocycles. The molecule has 0 atom stereocenters. The quantitative estimate of drug-likeness (QED) is 0.785. The van der Waals surface area contributed by atoms with Crippen molar-refractivity contribution in [2.75, 3.05) is 6.54 Å². The van der Waals surface area contributed by atoms with Gasteiger partial charge in [0.1, 0.15) is 0 Å². The van der Waals surface area contributed by atoms with E-state index >= 15 is 0 Å². The van der Waals surface area contributed by atoms with Gasteiger partial charge in [0, 0.05) is 19.1 Å². The lowest BCUT2D eigenvalue weighted by molar-refractivity contribution is 0.433. The van der Waals surface area contributed by atoms with Crippen LogP contribution in [0.15, 0.2) is 30.6 Å². The number of para-hydroxylation sites is 2. The predicted octanol–water partition coefficient (Wildman–Crippen LogP) is 3.59. The minimum atomic E-state index is 0.671. The molecule has 0 aliphatic carbocycles. The second-order valence-corrected chi connectivity index (χ2v) is 5.16. The fourth-order valence-electron chi connectivity index (χ4n) is 2.62. The number of hydrogen-bond acceptors (Lipinski definition) is 2. The molecule has 0 unspecified atom stereocenters. The summed E-state index contributed by atoms with van der Waals surface area (Å²) < 4.78 is 2.23. The molecule has 0 fully saturated rings. The molecule has 2 aromatic rings. The van der Waals surface area contributed by atoms with E-state index in [9.17, 15) is 0 Å². The molecule has 1 heterocycles. The van der Waals surface area contributed by atoms with Gasteiger partial charge in [0.05, 0.1) is 17.4 Å². The minimum Gasteiger partial charge on any atom is -0.329 e. The summed E-state index contributed by atoms with van der Waals surface area (Å²) in [5.74, 6) is 0. The van der Waals surface area contributed by atoms with Crippen molar-refractivity contribution >= 4 is 11.0 Å². The molecule has 19 heavy (non-hydrogen) atoms. The Kier molecular flexibility index (Phi) is 5.40. The van der Waals surface area contributed by atoms with E-state index in [0.29, 0.717) is 6.04 Å². The van der Waals surface area contributed by atoms with Gasteiger partial charge in [0.15, 0.2) is 0 Å². The van der Waals surface area contributed by atoms with Crippen molar-refractivity contribution in [3.63, 3.8) is 0 Å². The highest BCUT2D eigenvalue weighted by atomic mass is 15.1. The average molecular weight is 259 g/mol. The summed E-state index contributed by atoms with van der Waals surface area (Å²) in [5.41, 5.74) is 2.31. The smallest absolute Gasteiger partial charge is 0.0958 e. The molecule has 3 heteroatoms. The Morgan fingerprint density at radius 3 is 2.63 bits per heavy atom. The lowest BCUT2D eigenvalue weighted by Crippen LogP contribution is -2.31. The molecule has 0 amide bonds. The molecule has 2 rings (SSSR count). The van der Waals surface area contributed by atoms with Crippen molar-refractivity contribution < 1.29 is 0 Å². The van der Waals surface area contributed by atoms with Gasteiger partial charge in [-0.15, -0.1) is 0 Å². The number of hydrogen-bond donors (Lipinski definition) is 1. The topological polar surface area (TPSA) is 29.9 Å². The summed E-state index contributed by atoms with van der Waals surface area (Å²) in [7, 11) is 0. The highest BCUT2D eigenvalue weighted by Crippen LogP contribution is 2.11. The number of rotatable bonds is 8. The standard InChI is InChI=1S/C16H25N3/c1-3-7-14(8-4-2)17-11-12-19-13-18-15-9-5-6-10-16(15)19/h5-6,9-10,13-14,17H,3-4,7-8,11-12H2,1-2H3. The van der Waals surface area contributed by atoms with Crippen LogP contribution in [0.4, 0.5) is 0 Å². The van der Waals surface area contributed by atoms with Gasteiger partial charge < -0.3 is 9.88 Å². The minimum absolute atomic E-state index is 0.671. The third-order valence-corrected chi connectivity index (χ3v) is 3.59. The van der Waals surface area contributed by atoms with E-state index in [4.69, 9.17) is 0 Å². The molecule has 0 radical (unpaired) electrons. The summed E-state index contributed by atoms with van der Waals surface area (Å²) in [5, 5.41) is 3.68. The largest absolute Gasteiger partial charge is 0.329 e. The van der Waals surface area contributed by atoms with Crippen LogP contribution in [-0.2, 0) is 6.54 Å². The number of fused-ring (bicyclic) bond motifs is 1. The maximum atomic E-state index is 4.42. The van der Waals surface area contributed by atoms with E-state index in [1.54, 1.807) is 0 Å². The average Bonchev–Trinajstić information content (AvgIpc) is 2.83. The van der Waals surface area contributed by atoms with Crippen LogP contribution < -0.4 is 5.32 Å². The van der Waals surface area contributed by atoms with Gasteiger partial charge in [-0.3, -0.25) is 0 Å².